The van der Waals surface area contributed by atoms with E-state index < -0.39 is 0 Å². The molecule has 4 nitrogen and oxygen atoms in total. The lowest BCUT2D eigenvalue weighted by atomic mass is 10.1. The third-order valence-electron chi connectivity index (χ3n) is 3.42. The van der Waals surface area contributed by atoms with Gasteiger partial charge in [0.15, 0.2) is 5.76 Å². The molecule has 2 rings (SSSR count). The van der Waals surface area contributed by atoms with Crippen LogP contribution in [0.1, 0.15) is 42.3 Å². The molecule has 1 N–H and O–H groups in total. The minimum Gasteiger partial charge on any atom is -0.497 e. The summed E-state index contributed by atoms with van der Waals surface area (Å²) in [4.78, 5) is 12.1. The maximum Gasteiger partial charge on any atom is 0.287 e. The first kappa shape index (κ1) is 14.4. The average Bonchev–Trinajstić information content (AvgIpc) is 2.80. The fourth-order valence-corrected chi connectivity index (χ4v) is 2.20. The number of methoxy groups -OCH3 is 1. The van der Waals surface area contributed by atoms with Crippen LogP contribution in [0.3, 0.4) is 0 Å². The van der Waals surface area contributed by atoms with Crippen molar-refractivity contribution < 1.29 is 13.9 Å². The molecule has 1 aromatic carbocycles. The molecule has 20 heavy (non-hydrogen) atoms. The summed E-state index contributed by atoms with van der Waals surface area (Å²) in [5.41, 5.74) is 1.56. The molecule has 0 radical (unpaired) electrons. The Morgan fingerprint density at radius 1 is 1.35 bits per heavy atom. The van der Waals surface area contributed by atoms with E-state index in [-0.39, 0.29) is 5.91 Å². The molecule has 0 aliphatic rings. The molecule has 0 saturated carbocycles. The Balaban J connectivity index is 2.17. The molecule has 0 unspecified atom stereocenters. The molecular weight excluding hydrogens is 254 g/mol. The molecule has 1 amide bonds. The van der Waals surface area contributed by atoms with Crippen molar-refractivity contribution in [2.45, 2.75) is 33.1 Å². The average molecular weight is 275 g/mol. The van der Waals surface area contributed by atoms with Crippen LogP contribution < -0.4 is 10.1 Å². The van der Waals surface area contributed by atoms with Gasteiger partial charge < -0.3 is 14.5 Å². The van der Waals surface area contributed by atoms with Crippen LogP contribution in [0.25, 0.3) is 11.0 Å². The first-order chi connectivity index (χ1) is 9.67. The third-order valence-corrected chi connectivity index (χ3v) is 3.42. The van der Waals surface area contributed by atoms with Crippen molar-refractivity contribution in [2.75, 3.05) is 13.7 Å². The zero-order valence-electron chi connectivity index (χ0n) is 12.3. The number of hydrogen-bond acceptors (Lipinski definition) is 3. The monoisotopic (exact) mass is 275 g/mol. The SMILES string of the molecule is CCCCCNC(=O)c1oc2ccc(OC)cc2c1C. The topological polar surface area (TPSA) is 51.5 Å². The Morgan fingerprint density at radius 3 is 2.85 bits per heavy atom. The molecule has 0 aliphatic carbocycles. The Bertz CT molecular complexity index is 601. The minimum atomic E-state index is -0.145. The Hall–Kier alpha value is -1.97. The van der Waals surface area contributed by atoms with E-state index in [2.05, 4.69) is 12.2 Å². The number of nitrogens with one attached hydrogen (secondary N) is 1. The van der Waals surface area contributed by atoms with Gasteiger partial charge in [-0.25, -0.2) is 0 Å². The standard InChI is InChI=1S/C16H21NO3/c1-4-5-6-9-17-16(18)15-11(2)13-10-12(19-3)7-8-14(13)20-15/h7-8,10H,4-6,9H2,1-3H3,(H,17,18). The second-order valence-corrected chi connectivity index (χ2v) is 4.88. The highest BCUT2D eigenvalue weighted by atomic mass is 16.5. The fraction of sp³-hybridized carbons (Fsp3) is 0.438. The Labute approximate surface area is 119 Å². The first-order valence-corrected chi connectivity index (χ1v) is 7.02. The molecule has 0 atom stereocenters. The summed E-state index contributed by atoms with van der Waals surface area (Å²) >= 11 is 0. The third kappa shape index (κ3) is 2.95. The molecule has 0 fully saturated rings. The lowest BCUT2D eigenvalue weighted by Gasteiger charge is -2.02. The first-order valence-electron chi connectivity index (χ1n) is 7.02. The number of carbonyl (C=O) groups is 1. The number of benzene rings is 1. The summed E-state index contributed by atoms with van der Waals surface area (Å²) in [6.45, 7) is 4.72. The Morgan fingerprint density at radius 2 is 2.15 bits per heavy atom. The van der Waals surface area contributed by atoms with Crippen molar-refractivity contribution in [3.05, 3.63) is 29.5 Å². The molecule has 2 aromatic rings. The molecule has 0 saturated heterocycles. The normalized spacial score (nSPS) is 10.8. The molecule has 0 aliphatic heterocycles. The van der Waals surface area contributed by atoms with Crippen LogP contribution in [0.15, 0.2) is 22.6 Å². The number of fused-ring (bicyclic) bond motifs is 1. The second-order valence-electron chi connectivity index (χ2n) is 4.88. The van der Waals surface area contributed by atoms with Gasteiger partial charge in [0.05, 0.1) is 7.11 Å². The van der Waals surface area contributed by atoms with Gasteiger partial charge in [-0.05, 0) is 31.5 Å². The number of furan rings is 1. The van der Waals surface area contributed by atoms with Crippen molar-refractivity contribution in [2.24, 2.45) is 0 Å². The summed E-state index contributed by atoms with van der Waals surface area (Å²) in [5, 5.41) is 3.82. The van der Waals surface area contributed by atoms with Gasteiger partial charge in [0.2, 0.25) is 0 Å². The van der Waals surface area contributed by atoms with Gasteiger partial charge in [-0.1, -0.05) is 19.8 Å². The summed E-state index contributed by atoms with van der Waals surface area (Å²) < 4.78 is 10.8. The van der Waals surface area contributed by atoms with E-state index in [0.29, 0.717) is 17.9 Å². The van der Waals surface area contributed by atoms with Gasteiger partial charge in [-0.2, -0.15) is 0 Å². The maximum atomic E-state index is 12.1. The lowest BCUT2D eigenvalue weighted by Crippen LogP contribution is -2.24. The fourth-order valence-electron chi connectivity index (χ4n) is 2.20. The van der Waals surface area contributed by atoms with Crippen LogP contribution in [-0.4, -0.2) is 19.6 Å². The van der Waals surface area contributed by atoms with E-state index >= 15 is 0 Å². The number of unbranched alkanes of at least 4 members (excludes halogenated alkanes) is 2. The molecule has 1 aromatic heterocycles. The van der Waals surface area contributed by atoms with Crippen molar-refractivity contribution in [3.8, 4) is 5.75 Å². The molecule has 108 valence electrons. The highest BCUT2D eigenvalue weighted by Gasteiger charge is 2.17. The molecule has 4 heteroatoms. The number of aryl methyl sites for hydroxylation is 1. The lowest BCUT2D eigenvalue weighted by molar-refractivity contribution is 0.0926. The van der Waals surface area contributed by atoms with Crippen LogP contribution >= 0.6 is 0 Å². The van der Waals surface area contributed by atoms with E-state index in [0.717, 1.165) is 36.0 Å². The van der Waals surface area contributed by atoms with Crippen molar-refractivity contribution in [1.29, 1.82) is 0 Å². The molecular formula is C16H21NO3. The summed E-state index contributed by atoms with van der Waals surface area (Å²) in [6, 6.07) is 5.55. The van der Waals surface area contributed by atoms with Crippen LogP contribution in [0.4, 0.5) is 0 Å². The predicted octanol–water partition coefficient (Wildman–Crippen LogP) is 3.67. The highest BCUT2D eigenvalue weighted by molar-refractivity contribution is 5.99. The molecule has 0 spiro atoms. The number of rotatable bonds is 6. The minimum absolute atomic E-state index is 0.145. The second kappa shape index (κ2) is 6.46. The van der Waals surface area contributed by atoms with Crippen LogP contribution in [0, 0.1) is 6.92 Å². The van der Waals surface area contributed by atoms with Crippen molar-refractivity contribution >= 4 is 16.9 Å². The maximum absolute atomic E-state index is 12.1. The Kier molecular flexibility index (Phi) is 4.66. The van der Waals surface area contributed by atoms with Crippen molar-refractivity contribution in [3.63, 3.8) is 0 Å². The highest BCUT2D eigenvalue weighted by Crippen LogP contribution is 2.28. The van der Waals surface area contributed by atoms with Gasteiger partial charge >= 0.3 is 0 Å². The number of amides is 1. The summed E-state index contributed by atoms with van der Waals surface area (Å²) in [7, 11) is 1.62. The zero-order chi connectivity index (χ0) is 14.5. The van der Waals surface area contributed by atoms with E-state index in [1.807, 2.05) is 25.1 Å². The number of ether oxygens (including phenoxy) is 1. The van der Waals surface area contributed by atoms with Crippen LogP contribution in [0.2, 0.25) is 0 Å². The van der Waals surface area contributed by atoms with Crippen LogP contribution in [0.5, 0.6) is 5.75 Å². The van der Waals surface area contributed by atoms with Gasteiger partial charge in [0, 0.05) is 17.5 Å². The van der Waals surface area contributed by atoms with Gasteiger partial charge in [-0.3, -0.25) is 4.79 Å². The van der Waals surface area contributed by atoms with Gasteiger partial charge in [0.1, 0.15) is 11.3 Å². The molecule has 1 heterocycles. The van der Waals surface area contributed by atoms with Crippen LogP contribution in [-0.2, 0) is 0 Å². The number of carbonyl (C=O) groups excluding carboxylic acids is 1. The smallest absolute Gasteiger partial charge is 0.287 e. The largest absolute Gasteiger partial charge is 0.497 e. The number of hydrogen-bond donors (Lipinski definition) is 1. The zero-order valence-corrected chi connectivity index (χ0v) is 12.3. The van der Waals surface area contributed by atoms with E-state index in [4.69, 9.17) is 9.15 Å². The van der Waals surface area contributed by atoms with Gasteiger partial charge in [-0.15, -0.1) is 0 Å². The van der Waals surface area contributed by atoms with E-state index in [9.17, 15) is 4.79 Å². The summed E-state index contributed by atoms with van der Waals surface area (Å²) in [6.07, 6.45) is 3.26. The van der Waals surface area contributed by atoms with Gasteiger partial charge in [0.25, 0.3) is 5.91 Å². The summed E-state index contributed by atoms with van der Waals surface area (Å²) in [5.74, 6) is 1.01. The quantitative estimate of drug-likeness (QED) is 0.818. The van der Waals surface area contributed by atoms with E-state index in [1.54, 1.807) is 7.11 Å². The predicted molar refractivity (Wildman–Crippen MR) is 79.4 cm³/mol. The van der Waals surface area contributed by atoms with E-state index in [1.165, 1.54) is 0 Å². The van der Waals surface area contributed by atoms with Crippen molar-refractivity contribution in [1.82, 2.24) is 5.32 Å². The molecule has 0 bridgehead atoms.